The zero-order valence-corrected chi connectivity index (χ0v) is 16.8. The number of para-hydroxylation sites is 1. The Balaban J connectivity index is 0.00000261. The number of benzene rings is 1. The number of likely N-dealkylation sites (tertiary alicyclic amines) is 1. The van der Waals surface area contributed by atoms with Crippen LogP contribution in [-0.4, -0.2) is 53.8 Å². The van der Waals surface area contributed by atoms with Gasteiger partial charge < -0.3 is 10.6 Å². The highest BCUT2D eigenvalue weighted by Crippen LogP contribution is 2.19. The van der Waals surface area contributed by atoms with Gasteiger partial charge in [0.25, 0.3) is 0 Å². The molecule has 2 heterocycles. The van der Waals surface area contributed by atoms with Gasteiger partial charge in [0.2, 0.25) is 5.91 Å². The van der Waals surface area contributed by atoms with Gasteiger partial charge in [-0.25, -0.2) is 4.68 Å². The van der Waals surface area contributed by atoms with Crippen LogP contribution in [0.4, 0.5) is 0 Å². The average Bonchev–Trinajstić information content (AvgIpc) is 3.16. The molecular weight excluding hydrogens is 362 g/mol. The summed E-state index contributed by atoms with van der Waals surface area (Å²) >= 11 is 0. The van der Waals surface area contributed by atoms with Crippen LogP contribution in [0.5, 0.6) is 0 Å². The molecular formula is C20H30ClN5O. The maximum Gasteiger partial charge on any atom is 0.234 e. The molecule has 2 aromatic rings. The number of rotatable bonds is 8. The maximum atomic E-state index is 12.2. The number of hydrogen-bond acceptors (Lipinski definition) is 4. The summed E-state index contributed by atoms with van der Waals surface area (Å²) in [5.74, 6) is 0.886. The van der Waals surface area contributed by atoms with E-state index in [4.69, 9.17) is 0 Å². The molecule has 1 aliphatic heterocycles. The average molecular weight is 392 g/mol. The minimum atomic E-state index is 0. The van der Waals surface area contributed by atoms with Crippen LogP contribution in [0.1, 0.15) is 24.8 Å². The van der Waals surface area contributed by atoms with Crippen molar-refractivity contribution in [1.29, 1.82) is 0 Å². The Morgan fingerprint density at radius 3 is 2.67 bits per heavy atom. The van der Waals surface area contributed by atoms with E-state index in [0.29, 0.717) is 13.1 Å². The Hall–Kier alpha value is -1.89. The van der Waals surface area contributed by atoms with Gasteiger partial charge in [-0.1, -0.05) is 18.2 Å². The van der Waals surface area contributed by atoms with E-state index in [1.54, 1.807) is 6.20 Å². The van der Waals surface area contributed by atoms with Crippen LogP contribution in [-0.2, 0) is 11.3 Å². The first-order valence-electron chi connectivity index (χ1n) is 9.47. The summed E-state index contributed by atoms with van der Waals surface area (Å²) in [6.07, 6.45) is 7.39. The minimum Gasteiger partial charge on any atom is -0.351 e. The monoisotopic (exact) mass is 391 g/mol. The lowest BCUT2D eigenvalue weighted by Gasteiger charge is -2.31. The van der Waals surface area contributed by atoms with Crippen LogP contribution in [0, 0.1) is 5.92 Å². The molecule has 0 radical (unpaired) electrons. The smallest absolute Gasteiger partial charge is 0.234 e. The molecule has 1 saturated heterocycles. The number of hydrogen-bond donors (Lipinski definition) is 2. The van der Waals surface area contributed by atoms with Gasteiger partial charge in [0, 0.05) is 18.3 Å². The van der Waals surface area contributed by atoms with Gasteiger partial charge in [0.1, 0.15) is 0 Å². The molecule has 0 spiro atoms. The molecule has 0 aliphatic carbocycles. The molecule has 2 N–H and O–H groups in total. The second-order valence-electron chi connectivity index (χ2n) is 7.02. The molecule has 0 bridgehead atoms. The van der Waals surface area contributed by atoms with Crippen molar-refractivity contribution in [3.63, 3.8) is 0 Å². The molecule has 1 aliphatic rings. The van der Waals surface area contributed by atoms with Gasteiger partial charge in [-0.05, 0) is 64.0 Å². The Bertz CT molecular complexity index is 683. The Morgan fingerprint density at radius 1 is 1.22 bits per heavy atom. The molecule has 1 aromatic carbocycles. The van der Waals surface area contributed by atoms with Gasteiger partial charge in [-0.2, -0.15) is 5.10 Å². The van der Waals surface area contributed by atoms with Crippen LogP contribution >= 0.6 is 12.4 Å². The zero-order chi connectivity index (χ0) is 18.2. The summed E-state index contributed by atoms with van der Waals surface area (Å²) in [4.78, 5) is 14.5. The zero-order valence-electron chi connectivity index (χ0n) is 15.9. The van der Waals surface area contributed by atoms with Gasteiger partial charge in [0.05, 0.1) is 18.4 Å². The van der Waals surface area contributed by atoms with Crippen molar-refractivity contribution in [1.82, 2.24) is 25.3 Å². The number of halogens is 1. The minimum absolute atomic E-state index is 0. The molecule has 3 rings (SSSR count). The third-order valence-electron chi connectivity index (χ3n) is 5.02. The molecule has 1 fully saturated rings. The van der Waals surface area contributed by atoms with Crippen LogP contribution in [0.25, 0.3) is 5.69 Å². The van der Waals surface area contributed by atoms with Crippen molar-refractivity contribution in [2.75, 3.05) is 33.2 Å². The standard InChI is InChI=1S/C20H29N5O.ClH/c1-21-10-7-17-8-11-24(12-9-17)16-20(26)22-13-18-14-23-25(15-18)19-5-3-2-4-6-19;/h2-6,14-15,17,21H,7-13,16H2,1H3,(H,22,26);1H. The normalized spacial score (nSPS) is 15.3. The number of aromatic nitrogens is 2. The summed E-state index contributed by atoms with van der Waals surface area (Å²) in [5.41, 5.74) is 2.03. The first kappa shape index (κ1) is 21.4. The predicted octanol–water partition coefficient (Wildman–Crippen LogP) is 2.23. The summed E-state index contributed by atoms with van der Waals surface area (Å²) in [6.45, 7) is 4.14. The van der Waals surface area contributed by atoms with Crippen LogP contribution < -0.4 is 10.6 Å². The van der Waals surface area contributed by atoms with E-state index < -0.39 is 0 Å². The first-order chi connectivity index (χ1) is 12.7. The van der Waals surface area contributed by atoms with Crippen molar-refractivity contribution in [3.05, 3.63) is 48.3 Å². The maximum absolute atomic E-state index is 12.2. The number of amides is 1. The summed E-state index contributed by atoms with van der Waals surface area (Å²) in [5, 5.41) is 10.6. The van der Waals surface area contributed by atoms with Gasteiger partial charge in [-0.15, -0.1) is 12.4 Å². The van der Waals surface area contributed by atoms with E-state index >= 15 is 0 Å². The van der Waals surface area contributed by atoms with Crippen molar-refractivity contribution < 1.29 is 4.79 Å². The number of carbonyl (C=O) groups is 1. The Morgan fingerprint density at radius 2 is 1.96 bits per heavy atom. The molecule has 1 amide bonds. The van der Waals surface area contributed by atoms with Gasteiger partial charge in [-0.3, -0.25) is 9.69 Å². The summed E-state index contributed by atoms with van der Waals surface area (Å²) < 4.78 is 1.83. The lowest BCUT2D eigenvalue weighted by molar-refractivity contribution is -0.122. The fraction of sp³-hybridized carbons (Fsp3) is 0.500. The Kier molecular flexibility index (Phi) is 8.78. The molecule has 6 nitrogen and oxygen atoms in total. The van der Waals surface area contributed by atoms with E-state index in [-0.39, 0.29) is 18.3 Å². The molecule has 7 heteroatoms. The highest BCUT2D eigenvalue weighted by atomic mass is 35.5. The predicted molar refractivity (Wildman–Crippen MR) is 110 cm³/mol. The number of nitrogens with one attached hydrogen (secondary N) is 2. The Labute approximate surface area is 167 Å². The quantitative estimate of drug-likeness (QED) is 0.724. The third kappa shape index (κ3) is 6.65. The largest absolute Gasteiger partial charge is 0.351 e. The van der Waals surface area contributed by atoms with E-state index in [1.165, 1.54) is 19.3 Å². The van der Waals surface area contributed by atoms with Crippen molar-refractivity contribution in [2.24, 2.45) is 5.92 Å². The molecule has 0 atom stereocenters. The van der Waals surface area contributed by atoms with Crippen LogP contribution in [0.2, 0.25) is 0 Å². The fourth-order valence-electron chi connectivity index (χ4n) is 3.41. The van der Waals surface area contributed by atoms with E-state index in [2.05, 4.69) is 20.6 Å². The molecule has 0 saturated carbocycles. The van der Waals surface area contributed by atoms with Crippen LogP contribution in [0.3, 0.4) is 0 Å². The lowest BCUT2D eigenvalue weighted by atomic mass is 9.93. The van der Waals surface area contributed by atoms with Gasteiger partial charge >= 0.3 is 0 Å². The van der Waals surface area contributed by atoms with E-state index in [1.807, 2.05) is 48.3 Å². The lowest BCUT2D eigenvalue weighted by Crippen LogP contribution is -2.41. The van der Waals surface area contributed by atoms with Gasteiger partial charge in [0.15, 0.2) is 0 Å². The van der Waals surface area contributed by atoms with E-state index in [9.17, 15) is 4.79 Å². The fourth-order valence-corrected chi connectivity index (χ4v) is 3.41. The molecule has 1 aromatic heterocycles. The van der Waals surface area contributed by atoms with E-state index in [0.717, 1.165) is 36.8 Å². The second kappa shape index (κ2) is 11.1. The first-order valence-corrected chi connectivity index (χ1v) is 9.47. The molecule has 27 heavy (non-hydrogen) atoms. The van der Waals surface area contributed by atoms with Crippen molar-refractivity contribution in [3.8, 4) is 5.69 Å². The summed E-state index contributed by atoms with van der Waals surface area (Å²) in [7, 11) is 2.00. The van der Waals surface area contributed by atoms with Crippen molar-refractivity contribution in [2.45, 2.75) is 25.8 Å². The highest BCUT2D eigenvalue weighted by molar-refractivity contribution is 5.85. The number of carbonyl (C=O) groups excluding carboxylic acids is 1. The second-order valence-corrected chi connectivity index (χ2v) is 7.02. The number of nitrogens with zero attached hydrogens (tertiary/aromatic N) is 3. The topological polar surface area (TPSA) is 62.2 Å². The van der Waals surface area contributed by atoms with Crippen LogP contribution in [0.15, 0.2) is 42.7 Å². The molecule has 0 unspecified atom stereocenters. The third-order valence-corrected chi connectivity index (χ3v) is 5.02. The number of piperidine rings is 1. The SMILES string of the molecule is CNCCC1CCN(CC(=O)NCc2cnn(-c3ccccc3)c2)CC1.Cl. The highest BCUT2D eigenvalue weighted by Gasteiger charge is 2.20. The van der Waals surface area contributed by atoms with Crippen molar-refractivity contribution >= 4 is 18.3 Å². The molecule has 148 valence electrons. The summed E-state index contributed by atoms with van der Waals surface area (Å²) in [6, 6.07) is 9.98.